The van der Waals surface area contributed by atoms with Crippen LogP contribution in [0.25, 0.3) is 0 Å². The van der Waals surface area contributed by atoms with Gasteiger partial charge in [-0.2, -0.15) is 0 Å². The Morgan fingerprint density at radius 3 is 2.19 bits per heavy atom. The largest absolute Gasteiger partial charge is 0.331 e. The van der Waals surface area contributed by atoms with Crippen molar-refractivity contribution in [2.75, 3.05) is 13.6 Å². The maximum Gasteiger partial charge on any atom is 0.130 e. The molecule has 0 saturated carbocycles. The number of halogens is 1. The Morgan fingerprint density at radius 2 is 1.86 bits per heavy atom. The van der Waals surface area contributed by atoms with E-state index < -0.39 is 5.67 Å². The summed E-state index contributed by atoms with van der Waals surface area (Å²) in [6.45, 7) is 20.2. The van der Waals surface area contributed by atoms with E-state index in [0.29, 0.717) is 11.5 Å². The molecule has 0 saturated heterocycles. The summed E-state index contributed by atoms with van der Waals surface area (Å²) in [6, 6.07) is 0. The van der Waals surface area contributed by atoms with Gasteiger partial charge >= 0.3 is 0 Å². The molecule has 0 aliphatic heterocycles. The SMILES string of the molecule is C=C(C(C)C)N(CCC)C(=NC)/C(C)=C/C(=C)C(C)(C)F. The minimum atomic E-state index is -1.43. The molecule has 0 heterocycles. The smallest absolute Gasteiger partial charge is 0.130 e. The van der Waals surface area contributed by atoms with Crippen molar-refractivity contribution in [2.24, 2.45) is 10.9 Å². The first-order valence-electron chi connectivity index (χ1n) is 7.56. The molecule has 0 aromatic rings. The minimum Gasteiger partial charge on any atom is -0.331 e. The van der Waals surface area contributed by atoms with E-state index in [4.69, 9.17) is 0 Å². The quantitative estimate of drug-likeness (QED) is 0.360. The summed E-state index contributed by atoms with van der Waals surface area (Å²) < 4.78 is 13.9. The summed E-state index contributed by atoms with van der Waals surface area (Å²) >= 11 is 0. The Balaban J connectivity index is 5.51. The highest BCUT2D eigenvalue weighted by Gasteiger charge is 2.21. The fraction of sp³-hybridized carbons (Fsp3) is 0.611. The number of alkyl halides is 1. The molecule has 3 heteroatoms. The van der Waals surface area contributed by atoms with Crippen molar-refractivity contribution < 1.29 is 4.39 Å². The van der Waals surface area contributed by atoms with E-state index in [1.165, 1.54) is 13.8 Å². The van der Waals surface area contributed by atoms with Gasteiger partial charge in [-0.1, -0.05) is 33.9 Å². The van der Waals surface area contributed by atoms with Gasteiger partial charge in [0.2, 0.25) is 0 Å². The molecular formula is C18H31FN2. The van der Waals surface area contributed by atoms with Gasteiger partial charge in [0, 0.05) is 19.3 Å². The van der Waals surface area contributed by atoms with Crippen molar-refractivity contribution in [2.45, 2.75) is 53.6 Å². The van der Waals surface area contributed by atoms with Crippen LogP contribution >= 0.6 is 0 Å². The third-order valence-electron chi connectivity index (χ3n) is 3.43. The van der Waals surface area contributed by atoms with Crippen LogP contribution in [0, 0.1) is 5.92 Å². The number of amidine groups is 1. The third kappa shape index (κ3) is 5.86. The molecule has 0 amide bonds. The van der Waals surface area contributed by atoms with Crippen LogP contribution in [0.3, 0.4) is 0 Å². The van der Waals surface area contributed by atoms with Crippen molar-refractivity contribution in [3.8, 4) is 0 Å². The number of rotatable bonds is 7. The van der Waals surface area contributed by atoms with Crippen molar-refractivity contribution in [1.82, 2.24) is 4.90 Å². The van der Waals surface area contributed by atoms with Crippen LogP contribution in [0.2, 0.25) is 0 Å². The Bertz CT molecular complexity index is 437. The van der Waals surface area contributed by atoms with Crippen LogP contribution in [0.5, 0.6) is 0 Å². The number of hydrogen-bond acceptors (Lipinski definition) is 1. The highest BCUT2D eigenvalue weighted by molar-refractivity contribution is 5.99. The summed E-state index contributed by atoms with van der Waals surface area (Å²) in [4.78, 5) is 6.52. The van der Waals surface area contributed by atoms with E-state index in [1.54, 1.807) is 13.1 Å². The Kier molecular flexibility index (Phi) is 7.62. The maximum atomic E-state index is 13.9. The highest BCUT2D eigenvalue weighted by atomic mass is 19.1. The molecule has 21 heavy (non-hydrogen) atoms. The molecule has 120 valence electrons. The summed E-state index contributed by atoms with van der Waals surface area (Å²) in [7, 11) is 1.76. The van der Waals surface area contributed by atoms with Crippen LogP contribution in [-0.2, 0) is 0 Å². The van der Waals surface area contributed by atoms with E-state index in [1.807, 2.05) is 6.92 Å². The molecule has 0 bridgehead atoms. The molecule has 0 N–H and O–H groups in total. The summed E-state index contributed by atoms with van der Waals surface area (Å²) in [5.74, 6) is 1.17. The van der Waals surface area contributed by atoms with Crippen LogP contribution in [-0.4, -0.2) is 30.0 Å². The van der Waals surface area contributed by atoms with Crippen molar-refractivity contribution in [3.63, 3.8) is 0 Å². The Labute approximate surface area is 130 Å². The molecule has 0 rings (SSSR count). The number of hydrogen-bond donors (Lipinski definition) is 0. The predicted molar refractivity (Wildman–Crippen MR) is 92.4 cm³/mol. The number of allylic oxidation sites excluding steroid dienone is 3. The molecule has 0 unspecified atom stereocenters. The fourth-order valence-corrected chi connectivity index (χ4v) is 1.93. The van der Waals surface area contributed by atoms with Gasteiger partial charge in [-0.05, 0) is 50.3 Å². The van der Waals surface area contributed by atoms with Crippen LogP contribution in [0.15, 0.2) is 41.1 Å². The molecule has 0 aliphatic rings. The first-order chi connectivity index (χ1) is 9.56. The Morgan fingerprint density at radius 1 is 1.33 bits per heavy atom. The fourth-order valence-electron chi connectivity index (χ4n) is 1.93. The van der Waals surface area contributed by atoms with E-state index >= 15 is 0 Å². The lowest BCUT2D eigenvalue weighted by Gasteiger charge is -2.30. The van der Waals surface area contributed by atoms with Gasteiger partial charge in [0.1, 0.15) is 11.5 Å². The maximum absolute atomic E-state index is 13.9. The lowest BCUT2D eigenvalue weighted by atomic mass is 9.98. The molecule has 0 radical (unpaired) electrons. The van der Waals surface area contributed by atoms with Gasteiger partial charge < -0.3 is 4.90 Å². The van der Waals surface area contributed by atoms with Crippen LogP contribution in [0.1, 0.15) is 48.0 Å². The predicted octanol–water partition coefficient (Wildman–Crippen LogP) is 5.15. The van der Waals surface area contributed by atoms with Gasteiger partial charge in [-0.25, -0.2) is 4.39 Å². The zero-order valence-corrected chi connectivity index (χ0v) is 14.8. The third-order valence-corrected chi connectivity index (χ3v) is 3.43. The summed E-state index contributed by atoms with van der Waals surface area (Å²) in [5, 5.41) is 0. The second kappa shape index (κ2) is 8.16. The molecule has 0 spiro atoms. The summed E-state index contributed by atoms with van der Waals surface area (Å²) in [6.07, 6.45) is 2.77. The summed E-state index contributed by atoms with van der Waals surface area (Å²) in [5.41, 5.74) is 0.955. The zero-order chi connectivity index (χ0) is 16.8. The van der Waals surface area contributed by atoms with Gasteiger partial charge in [0.25, 0.3) is 0 Å². The van der Waals surface area contributed by atoms with E-state index in [-0.39, 0.29) is 0 Å². The Hall–Kier alpha value is -1.38. The number of aliphatic imine (C=N–C) groups is 1. The van der Waals surface area contributed by atoms with Crippen molar-refractivity contribution in [1.29, 1.82) is 0 Å². The van der Waals surface area contributed by atoms with Gasteiger partial charge in [0.05, 0.1) is 0 Å². The lowest BCUT2D eigenvalue weighted by Crippen LogP contribution is -2.33. The average Bonchev–Trinajstić information content (AvgIpc) is 2.36. The van der Waals surface area contributed by atoms with Crippen LogP contribution < -0.4 is 0 Å². The minimum absolute atomic E-state index is 0.335. The molecular weight excluding hydrogens is 263 g/mol. The molecule has 0 atom stereocenters. The molecule has 0 fully saturated rings. The van der Waals surface area contributed by atoms with Gasteiger partial charge in [-0.3, -0.25) is 4.99 Å². The van der Waals surface area contributed by atoms with Crippen LogP contribution in [0.4, 0.5) is 4.39 Å². The van der Waals surface area contributed by atoms with Gasteiger partial charge in [-0.15, -0.1) is 0 Å². The second-order valence-corrected chi connectivity index (χ2v) is 6.17. The molecule has 2 nitrogen and oxygen atoms in total. The second-order valence-electron chi connectivity index (χ2n) is 6.17. The molecule has 0 aliphatic carbocycles. The van der Waals surface area contributed by atoms with Gasteiger partial charge in [0.15, 0.2) is 0 Å². The normalized spacial score (nSPS) is 13.6. The highest BCUT2D eigenvalue weighted by Crippen LogP contribution is 2.23. The average molecular weight is 294 g/mol. The standard InChI is InChI=1S/C18H31FN2/c1-10-11-21(16(6)13(2)3)17(20-9)14(4)12-15(5)18(7,8)19/h12-13H,5-6,10-11H2,1-4,7-9H3/b14-12+,20-17?. The lowest BCUT2D eigenvalue weighted by molar-refractivity contribution is 0.274. The van der Waals surface area contributed by atoms with Crippen molar-refractivity contribution >= 4 is 5.84 Å². The van der Waals surface area contributed by atoms with Crippen molar-refractivity contribution in [3.05, 3.63) is 36.1 Å². The first kappa shape index (κ1) is 19.6. The van der Waals surface area contributed by atoms with E-state index in [2.05, 4.69) is 43.8 Å². The monoisotopic (exact) mass is 294 g/mol. The first-order valence-corrected chi connectivity index (χ1v) is 7.56. The van der Waals surface area contributed by atoms with E-state index in [0.717, 1.165) is 30.1 Å². The zero-order valence-electron chi connectivity index (χ0n) is 14.8. The van der Waals surface area contributed by atoms with E-state index in [9.17, 15) is 4.39 Å². The molecule has 0 aromatic heterocycles. The molecule has 0 aromatic carbocycles. The topological polar surface area (TPSA) is 15.6 Å². The number of nitrogens with zero attached hydrogens (tertiary/aromatic N) is 2.